The lowest BCUT2D eigenvalue weighted by molar-refractivity contribution is -0.167. The van der Waals surface area contributed by atoms with Gasteiger partial charge in [0, 0.05) is 6.54 Å². The highest BCUT2D eigenvalue weighted by Gasteiger charge is 2.62. The van der Waals surface area contributed by atoms with E-state index in [4.69, 9.17) is 0 Å². The van der Waals surface area contributed by atoms with Crippen LogP contribution in [0.4, 0.5) is 18.0 Å². The van der Waals surface area contributed by atoms with Crippen molar-refractivity contribution in [1.82, 2.24) is 10.2 Å². The topological polar surface area (TPSA) is 44.7 Å². The fraction of sp³-hybridized carbons (Fsp3) is 0.333. The molecule has 1 atom stereocenters. The monoisotopic (exact) mass is 301 g/mol. The first-order valence-corrected chi connectivity index (χ1v) is 6.71. The lowest BCUT2D eigenvalue weighted by Crippen LogP contribution is -2.62. The Bertz CT molecular complexity index is 575. The van der Waals surface area contributed by atoms with Crippen LogP contribution in [0.3, 0.4) is 0 Å². The van der Waals surface area contributed by atoms with Gasteiger partial charge >= 0.3 is 12.2 Å². The highest BCUT2D eigenvalue weighted by Crippen LogP contribution is 2.50. The number of carbonyl (C=O) groups excluding carboxylic acids is 1. The molecule has 8 heteroatoms. The number of rotatable bonds is 1. The van der Waals surface area contributed by atoms with Gasteiger partial charge < -0.3 is 5.32 Å². The predicted molar refractivity (Wildman–Crippen MR) is 69.3 cm³/mol. The SMILES string of the molecule is O=C1NC(c2ccccc2)(C(F)(F)F)SC2=NCCN12. The molecule has 2 amide bonds. The quantitative estimate of drug-likeness (QED) is 0.866. The molecule has 0 bridgehead atoms. The van der Waals surface area contributed by atoms with Crippen LogP contribution in [0, 0.1) is 0 Å². The number of hydrogen-bond acceptors (Lipinski definition) is 3. The summed E-state index contributed by atoms with van der Waals surface area (Å²) < 4.78 is 40.8. The van der Waals surface area contributed by atoms with E-state index in [0.29, 0.717) is 24.9 Å². The van der Waals surface area contributed by atoms with Gasteiger partial charge in [-0.1, -0.05) is 30.3 Å². The van der Waals surface area contributed by atoms with Gasteiger partial charge in [0.15, 0.2) is 5.17 Å². The molecule has 1 aromatic rings. The van der Waals surface area contributed by atoms with Gasteiger partial charge in [0.2, 0.25) is 4.87 Å². The van der Waals surface area contributed by atoms with E-state index in [9.17, 15) is 18.0 Å². The van der Waals surface area contributed by atoms with Crippen molar-refractivity contribution in [2.45, 2.75) is 11.0 Å². The molecule has 0 aliphatic carbocycles. The first kappa shape index (κ1) is 13.3. The Hall–Kier alpha value is -1.70. The third-order valence-corrected chi connectivity index (χ3v) is 4.56. The fourth-order valence-electron chi connectivity index (χ4n) is 2.18. The summed E-state index contributed by atoms with van der Waals surface area (Å²) in [5.41, 5.74) is -0.0138. The van der Waals surface area contributed by atoms with Gasteiger partial charge in [0.25, 0.3) is 0 Å². The van der Waals surface area contributed by atoms with Crippen LogP contribution in [-0.2, 0) is 4.87 Å². The van der Waals surface area contributed by atoms with Crippen molar-refractivity contribution in [3.05, 3.63) is 35.9 Å². The van der Waals surface area contributed by atoms with E-state index in [2.05, 4.69) is 10.3 Å². The minimum atomic E-state index is -4.63. The number of nitrogens with one attached hydrogen (secondary N) is 1. The average molecular weight is 301 g/mol. The largest absolute Gasteiger partial charge is 0.425 e. The normalized spacial score (nSPS) is 26.1. The Labute approximate surface area is 117 Å². The zero-order chi connectivity index (χ0) is 14.4. The van der Waals surface area contributed by atoms with Crippen LogP contribution in [0.1, 0.15) is 5.56 Å². The van der Waals surface area contributed by atoms with E-state index < -0.39 is 17.1 Å². The molecule has 0 saturated carbocycles. The van der Waals surface area contributed by atoms with Crippen molar-refractivity contribution in [3.8, 4) is 0 Å². The molecular formula is C12H10F3N3OS. The summed E-state index contributed by atoms with van der Waals surface area (Å²) in [6.07, 6.45) is -4.63. The molecule has 20 heavy (non-hydrogen) atoms. The second-order valence-corrected chi connectivity index (χ2v) is 5.57. The van der Waals surface area contributed by atoms with Crippen molar-refractivity contribution >= 4 is 23.0 Å². The average Bonchev–Trinajstić information content (AvgIpc) is 2.87. The first-order valence-electron chi connectivity index (χ1n) is 5.89. The maximum atomic E-state index is 13.6. The van der Waals surface area contributed by atoms with Crippen molar-refractivity contribution in [1.29, 1.82) is 0 Å². The Kier molecular flexibility index (Phi) is 2.93. The number of nitrogens with zero attached hydrogens (tertiary/aromatic N) is 2. The number of thioether (sulfide) groups is 1. The molecular weight excluding hydrogens is 291 g/mol. The van der Waals surface area contributed by atoms with E-state index in [1.54, 1.807) is 6.07 Å². The number of urea groups is 1. The zero-order valence-electron chi connectivity index (χ0n) is 10.1. The maximum Gasteiger partial charge on any atom is 0.425 e. The second kappa shape index (κ2) is 4.41. The standard InChI is InChI=1S/C12H10F3N3OS/c13-12(14,15)11(8-4-2-1-3-5-8)17-9(19)18-7-6-16-10(18)20-11/h1-5H,6-7H2,(H,17,19). The van der Waals surface area contributed by atoms with E-state index in [1.807, 2.05) is 0 Å². The van der Waals surface area contributed by atoms with Gasteiger partial charge in [0.05, 0.1) is 6.54 Å². The number of amidine groups is 1. The van der Waals surface area contributed by atoms with Gasteiger partial charge in [0.1, 0.15) is 0 Å². The van der Waals surface area contributed by atoms with E-state index in [-0.39, 0.29) is 10.7 Å². The highest BCUT2D eigenvalue weighted by molar-refractivity contribution is 8.14. The number of benzene rings is 1. The van der Waals surface area contributed by atoms with Gasteiger partial charge in [-0.25, -0.2) is 4.79 Å². The van der Waals surface area contributed by atoms with Gasteiger partial charge in [-0.3, -0.25) is 9.89 Å². The van der Waals surface area contributed by atoms with Gasteiger partial charge in [-0.15, -0.1) is 0 Å². The second-order valence-electron chi connectivity index (χ2n) is 4.39. The van der Waals surface area contributed by atoms with Crippen LogP contribution in [0.5, 0.6) is 0 Å². The van der Waals surface area contributed by atoms with Crippen LogP contribution in [0.25, 0.3) is 0 Å². The summed E-state index contributed by atoms with van der Waals surface area (Å²) in [7, 11) is 0. The molecule has 0 spiro atoms. The predicted octanol–water partition coefficient (Wildman–Crippen LogP) is 2.53. The number of amides is 2. The molecule has 1 aromatic carbocycles. The molecule has 4 nitrogen and oxygen atoms in total. The molecule has 3 rings (SSSR count). The van der Waals surface area contributed by atoms with E-state index in [1.165, 1.54) is 29.2 Å². The summed E-state index contributed by atoms with van der Waals surface area (Å²) in [6.45, 7) is 0.648. The van der Waals surface area contributed by atoms with Crippen LogP contribution in [0.15, 0.2) is 35.3 Å². The molecule has 1 fully saturated rings. The third-order valence-electron chi connectivity index (χ3n) is 3.15. The summed E-state index contributed by atoms with van der Waals surface area (Å²) >= 11 is 0.532. The summed E-state index contributed by atoms with van der Waals surface area (Å²) in [5.74, 6) is 0. The smallest absolute Gasteiger partial charge is 0.311 e. The number of halogens is 3. The van der Waals surface area contributed by atoms with Crippen LogP contribution >= 0.6 is 11.8 Å². The molecule has 0 aromatic heterocycles. The molecule has 2 heterocycles. The maximum absolute atomic E-state index is 13.6. The molecule has 1 saturated heterocycles. The lowest BCUT2D eigenvalue weighted by atomic mass is 10.1. The van der Waals surface area contributed by atoms with Gasteiger partial charge in [-0.2, -0.15) is 13.2 Å². The molecule has 0 radical (unpaired) electrons. The molecule has 106 valence electrons. The van der Waals surface area contributed by atoms with Crippen molar-refractivity contribution in [3.63, 3.8) is 0 Å². The number of aliphatic imine (C=N–C) groups is 1. The van der Waals surface area contributed by atoms with Crippen molar-refractivity contribution < 1.29 is 18.0 Å². The summed E-state index contributed by atoms with van der Waals surface area (Å²) in [6, 6.07) is 6.60. The van der Waals surface area contributed by atoms with E-state index in [0.717, 1.165) is 0 Å². The number of hydrogen-bond donors (Lipinski definition) is 1. The molecule has 1 N–H and O–H groups in total. The van der Waals surface area contributed by atoms with Gasteiger partial charge in [-0.05, 0) is 17.3 Å². The lowest BCUT2D eigenvalue weighted by Gasteiger charge is -2.41. The minimum absolute atomic E-state index is 0.0138. The Morgan fingerprint density at radius 2 is 2.00 bits per heavy atom. The zero-order valence-corrected chi connectivity index (χ0v) is 11.0. The third kappa shape index (κ3) is 1.86. The molecule has 2 aliphatic heterocycles. The fourth-order valence-corrected chi connectivity index (χ4v) is 3.40. The highest BCUT2D eigenvalue weighted by atomic mass is 32.2. The number of fused-ring (bicyclic) bond motifs is 1. The Balaban J connectivity index is 2.11. The van der Waals surface area contributed by atoms with Crippen LogP contribution < -0.4 is 5.32 Å². The van der Waals surface area contributed by atoms with Crippen LogP contribution in [0.2, 0.25) is 0 Å². The number of carbonyl (C=O) groups is 1. The van der Waals surface area contributed by atoms with Crippen LogP contribution in [-0.4, -0.2) is 35.4 Å². The van der Waals surface area contributed by atoms with Crippen molar-refractivity contribution in [2.75, 3.05) is 13.1 Å². The molecule has 2 aliphatic rings. The molecule has 1 unspecified atom stereocenters. The Morgan fingerprint density at radius 3 is 2.65 bits per heavy atom. The summed E-state index contributed by atoms with van der Waals surface area (Å²) in [5, 5.41) is 2.22. The van der Waals surface area contributed by atoms with E-state index >= 15 is 0 Å². The Morgan fingerprint density at radius 1 is 1.30 bits per heavy atom. The van der Waals surface area contributed by atoms with Crippen molar-refractivity contribution in [2.24, 2.45) is 4.99 Å². The first-order chi connectivity index (χ1) is 9.44. The summed E-state index contributed by atoms with van der Waals surface area (Å²) in [4.78, 5) is 14.7. The minimum Gasteiger partial charge on any atom is -0.311 e. The number of alkyl halides is 3.